The number of nitrogens with one attached hydrogen (secondary N) is 2. The molecule has 6 nitrogen and oxygen atoms in total. The Morgan fingerprint density at radius 2 is 2.08 bits per heavy atom. The number of anilines is 1. The Hall–Kier alpha value is -2.06. The number of para-hydroxylation sites is 1. The van der Waals surface area contributed by atoms with E-state index >= 15 is 0 Å². The highest BCUT2D eigenvalue weighted by Crippen LogP contribution is 2.67. The van der Waals surface area contributed by atoms with Crippen molar-refractivity contribution in [3.63, 3.8) is 0 Å². The number of H-pyrrole nitrogens is 1. The van der Waals surface area contributed by atoms with Gasteiger partial charge in [-0.3, -0.25) is 14.5 Å². The first-order valence-electron chi connectivity index (χ1n) is 8.54. The molecule has 0 saturated carbocycles. The van der Waals surface area contributed by atoms with E-state index in [0.29, 0.717) is 6.42 Å². The number of fused-ring (bicyclic) bond motifs is 5. The summed E-state index contributed by atoms with van der Waals surface area (Å²) in [7, 11) is 4.81. The van der Waals surface area contributed by atoms with Crippen molar-refractivity contribution in [2.75, 3.05) is 12.4 Å². The highest BCUT2D eigenvalue weighted by atomic mass is 33.1. The molecular weight excluding hydrogens is 368 g/mol. The average molecular weight is 384 g/mol. The monoisotopic (exact) mass is 384 g/mol. The Morgan fingerprint density at radius 3 is 2.88 bits per heavy atom. The first kappa shape index (κ1) is 15.0. The second-order valence-electron chi connectivity index (χ2n) is 7.28. The number of hydrogen-bond acceptors (Lipinski definition) is 5. The van der Waals surface area contributed by atoms with Gasteiger partial charge in [0.05, 0.1) is 5.41 Å². The standard InChI is InChI=1S/C18H16N4O2S2/c1-21-14-13(23)22-15-17(10-6-7-19-8-10,9-18(22,16(21)24)26-25-14)11-4-2-3-5-12(11)20-15/h2-8,14-15,19-20H,9H2,1H3/t14-,15+,17-,18-/m0/s1. The number of rotatable bonds is 1. The Balaban J connectivity index is 1.64. The molecule has 1 aromatic heterocycles. The molecule has 2 amide bonds. The van der Waals surface area contributed by atoms with E-state index < -0.39 is 15.7 Å². The molecule has 8 heteroatoms. The van der Waals surface area contributed by atoms with E-state index in [4.69, 9.17) is 0 Å². The molecule has 2 aromatic rings. The molecule has 4 fully saturated rings. The molecular formula is C18H16N4O2S2. The molecule has 26 heavy (non-hydrogen) atoms. The predicted molar refractivity (Wildman–Crippen MR) is 101 cm³/mol. The van der Waals surface area contributed by atoms with Crippen molar-refractivity contribution in [1.82, 2.24) is 14.8 Å². The lowest BCUT2D eigenvalue weighted by Crippen LogP contribution is -2.70. The third-order valence-electron chi connectivity index (χ3n) is 6.18. The number of benzene rings is 1. The molecule has 2 bridgehead atoms. The minimum absolute atomic E-state index is 0.0265. The van der Waals surface area contributed by atoms with E-state index in [1.54, 1.807) is 22.7 Å². The van der Waals surface area contributed by atoms with Crippen LogP contribution in [-0.2, 0) is 15.0 Å². The molecule has 4 saturated heterocycles. The van der Waals surface area contributed by atoms with Crippen LogP contribution in [0.5, 0.6) is 0 Å². The van der Waals surface area contributed by atoms with Gasteiger partial charge in [0.25, 0.3) is 11.8 Å². The van der Waals surface area contributed by atoms with Gasteiger partial charge in [0.15, 0.2) is 10.2 Å². The number of hydrogen-bond donors (Lipinski definition) is 2. The molecule has 0 aliphatic carbocycles. The average Bonchev–Trinajstić information content (AvgIpc) is 3.32. The zero-order valence-electron chi connectivity index (χ0n) is 13.9. The van der Waals surface area contributed by atoms with Crippen molar-refractivity contribution < 1.29 is 9.59 Å². The highest BCUT2D eigenvalue weighted by molar-refractivity contribution is 8.78. The second-order valence-corrected chi connectivity index (χ2v) is 9.84. The number of aromatic amines is 1. The van der Waals surface area contributed by atoms with Gasteiger partial charge in [0.2, 0.25) is 0 Å². The van der Waals surface area contributed by atoms with Gasteiger partial charge in [0, 0.05) is 31.5 Å². The van der Waals surface area contributed by atoms with E-state index in [9.17, 15) is 9.59 Å². The second kappa shape index (κ2) is 4.61. The molecule has 1 aromatic carbocycles. The molecule has 1 spiro atoms. The maximum absolute atomic E-state index is 13.3. The van der Waals surface area contributed by atoms with Crippen LogP contribution in [0.3, 0.4) is 0 Å². The maximum Gasteiger partial charge on any atom is 0.261 e. The van der Waals surface area contributed by atoms with Gasteiger partial charge in [-0.15, -0.1) is 0 Å². The Bertz CT molecular complexity index is 964. The lowest BCUT2D eigenvalue weighted by molar-refractivity contribution is -0.157. The molecule has 4 atom stereocenters. The van der Waals surface area contributed by atoms with Crippen LogP contribution in [0.4, 0.5) is 5.69 Å². The van der Waals surface area contributed by atoms with Gasteiger partial charge in [0.1, 0.15) is 6.17 Å². The van der Waals surface area contributed by atoms with Gasteiger partial charge in [-0.25, -0.2) is 0 Å². The fourth-order valence-electron chi connectivity index (χ4n) is 5.07. The van der Waals surface area contributed by atoms with Gasteiger partial charge >= 0.3 is 0 Å². The molecule has 132 valence electrons. The van der Waals surface area contributed by atoms with Crippen LogP contribution in [0.25, 0.3) is 0 Å². The molecule has 7 rings (SSSR count). The summed E-state index contributed by atoms with van der Waals surface area (Å²) < 4.78 is 0. The summed E-state index contributed by atoms with van der Waals surface area (Å²) in [6, 6.07) is 10.3. The quantitative estimate of drug-likeness (QED) is 0.738. The molecule has 0 radical (unpaired) electrons. The molecule has 5 aliphatic heterocycles. The summed E-state index contributed by atoms with van der Waals surface area (Å²) in [5.74, 6) is 0.0630. The van der Waals surface area contributed by atoms with Crippen molar-refractivity contribution in [2.45, 2.75) is 28.2 Å². The maximum atomic E-state index is 13.3. The summed E-state index contributed by atoms with van der Waals surface area (Å²) >= 11 is 0. The number of likely N-dealkylation sites (N-methyl/N-ethyl adjacent to an activating group) is 1. The van der Waals surface area contributed by atoms with Gasteiger partial charge in [-0.05, 0) is 23.3 Å². The number of piperazine rings is 1. The van der Waals surface area contributed by atoms with Crippen LogP contribution in [-0.4, -0.2) is 50.1 Å². The van der Waals surface area contributed by atoms with Crippen molar-refractivity contribution in [3.8, 4) is 0 Å². The van der Waals surface area contributed by atoms with Crippen LogP contribution in [0.2, 0.25) is 0 Å². The van der Waals surface area contributed by atoms with E-state index in [-0.39, 0.29) is 18.0 Å². The van der Waals surface area contributed by atoms with Crippen LogP contribution < -0.4 is 5.32 Å². The van der Waals surface area contributed by atoms with Crippen molar-refractivity contribution >= 4 is 39.1 Å². The van der Waals surface area contributed by atoms with Crippen molar-refractivity contribution in [3.05, 3.63) is 53.9 Å². The Labute approximate surface area is 158 Å². The SMILES string of the molecule is CN1C(=O)[C@@]23C[C@]4(c5cc[nH]c5)c5ccccc5N[C@@H]4N2C(=O)[C@@H]1SS3. The van der Waals surface area contributed by atoms with E-state index in [1.807, 2.05) is 29.4 Å². The van der Waals surface area contributed by atoms with Crippen LogP contribution >= 0.6 is 21.6 Å². The number of carbonyl (C=O) groups is 2. The normalized spacial score (nSPS) is 36.8. The van der Waals surface area contributed by atoms with E-state index in [2.05, 4.69) is 28.5 Å². The van der Waals surface area contributed by atoms with Crippen molar-refractivity contribution in [1.29, 1.82) is 0 Å². The van der Waals surface area contributed by atoms with Crippen LogP contribution in [0.1, 0.15) is 17.5 Å². The fraction of sp³-hybridized carbons (Fsp3) is 0.333. The lowest BCUT2D eigenvalue weighted by Gasteiger charge is -2.52. The number of carbonyl (C=O) groups excluding carboxylic acids is 2. The third-order valence-corrected chi connectivity index (χ3v) is 9.43. The van der Waals surface area contributed by atoms with Gasteiger partial charge in [-0.1, -0.05) is 39.8 Å². The summed E-state index contributed by atoms with van der Waals surface area (Å²) in [5, 5.41) is 3.13. The van der Waals surface area contributed by atoms with Gasteiger partial charge in [-0.2, -0.15) is 0 Å². The van der Waals surface area contributed by atoms with Crippen LogP contribution in [0, 0.1) is 0 Å². The number of amides is 2. The Morgan fingerprint density at radius 1 is 1.23 bits per heavy atom. The Kier molecular flexibility index (Phi) is 2.67. The lowest BCUT2D eigenvalue weighted by atomic mass is 9.73. The third kappa shape index (κ3) is 1.43. The largest absolute Gasteiger partial charge is 0.367 e. The predicted octanol–water partition coefficient (Wildman–Crippen LogP) is 2.17. The highest BCUT2D eigenvalue weighted by Gasteiger charge is 2.74. The summed E-state index contributed by atoms with van der Waals surface area (Å²) in [4.78, 5) is 32.3. The number of aromatic nitrogens is 1. The topological polar surface area (TPSA) is 68.4 Å². The molecule has 5 aliphatic rings. The van der Waals surface area contributed by atoms with E-state index in [0.717, 1.165) is 16.8 Å². The molecule has 6 heterocycles. The fourth-order valence-corrected chi connectivity index (χ4v) is 8.53. The smallest absolute Gasteiger partial charge is 0.261 e. The summed E-state index contributed by atoms with van der Waals surface area (Å²) in [5.41, 5.74) is 2.88. The van der Waals surface area contributed by atoms with Crippen LogP contribution in [0.15, 0.2) is 42.7 Å². The summed E-state index contributed by atoms with van der Waals surface area (Å²) in [6.45, 7) is 0. The molecule has 0 unspecified atom stereocenters. The zero-order valence-corrected chi connectivity index (χ0v) is 15.6. The van der Waals surface area contributed by atoms with Gasteiger partial charge < -0.3 is 15.2 Å². The first-order chi connectivity index (χ1) is 12.6. The van der Waals surface area contributed by atoms with E-state index in [1.165, 1.54) is 10.8 Å². The minimum atomic E-state index is -0.853. The number of nitrogens with zero attached hydrogens (tertiary/aromatic N) is 2. The zero-order chi connectivity index (χ0) is 17.7. The summed E-state index contributed by atoms with van der Waals surface area (Å²) in [6.07, 6.45) is 4.23. The molecule has 2 N–H and O–H groups in total. The van der Waals surface area contributed by atoms with Crippen molar-refractivity contribution in [2.24, 2.45) is 0 Å². The minimum Gasteiger partial charge on any atom is -0.367 e. The first-order valence-corrected chi connectivity index (χ1v) is 10.8.